The van der Waals surface area contributed by atoms with Crippen LogP contribution in [0.25, 0.3) is 0 Å². The van der Waals surface area contributed by atoms with Gasteiger partial charge in [0.05, 0.1) is 6.04 Å². The van der Waals surface area contributed by atoms with E-state index in [1.54, 1.807) is 13.8 Å². The molecular weight excluding hydrogens is 392 g/mol. The second-order valence-corrected chi connectivity index (χ2v) is 6.96. The second kappa shape index (κ2) is 12.2. The summed E-state index contributed by atoms with van der Waals surface area (Å²) < 4.78 is 0. The number of carboxylic acid groups (broad SMARTS) is 2. The fourth-order valence-electron chi connectivity index (χ4n) is 2.08. The Balaban J connectivity index is 5.34. The van der Waals surface area contributed by atoms with Gasteiger partial charge in [0.2, 0.25) is 17.7 Å². The summed E-state index contributed by atoms with van der Waals surface area (Å²) in [4.78, 5) is 58.6. The molecule has 4 atom stereocenters. The number of rotatable bonds is 12. The standard InChI is InChI=1S/C16H28N4O7S/c1-7(2)12(20-13(23)8(3)17)15(25)18-9(4-5-11(21)22)14(24)19-10(6-28)16(26)27/h7-10,12,28H,4-6,17H2,1-3H3,(H,18,25)(H,19,24)(H,20,23)(H,21,22)(H,26,27). The molecule has 0 bridgehead atoms. The van der Waals surface area contributed by atoms with Crippen LogP contribution < -0.4 is 21.7 Å². The van der Waals surface area contributed by atoms with Crippen molar-refractivity contribution >= 4 is 42.3 Å². The molecule has 4 unspecified atom stereocenters. The Morgan fingerprint density at radius 2 is 1.43 bits per heavy atom. The molecule has 0 aliphatic heterocycles. The molecule has 0 saturated heterocycles. The number of hydrogen-bond donors (Lipinski definition) is 7. The lowest BCUT2D eigenvalue weighted by Crippen LogP contribution is -2.58. The third kappa shape index (κ3) is 9.04. The molecule has 0 spiro atoms. The van der Waals surface area contributed by atoms with Crippen molar-refractivity contribution < 1.29 is 34.2 Å². The van der Waals surface area contributed by atoms with Gasteiger partial charge in [0.1, 0.15) is 18.1 Å². The van der Waals surface area contributed by atoms with Crippen molar-refractivity contribution in [1.29, 1.82) is 0 Å². The Hall–Kier alpha value is -2.34. The molecule has 7 N–H and O–H groups in total. The van der Waals surface area contributed by atoms with Gasteiger partial charge >= 0.3 is 11.9 Å². The number of aliphatic carboxylic acids is 2. The Morgan fingerprint density at radius 3 is 1.82 bits per heavy atom. The van der Waals surface area contributed by atoms with Crippen molar-refractivity contribution in [3.63, 3.8) is 0 Å². The molecule has 12 heteroatoms. The van der Waals surface area contributed by atoms with Crippen LogP contribution in [0.5, 0.6) is 0 Å². The van der Waals surface area contributed by atoms with E-state index in [0.717, 1.165) is 0 Å². The zero-order valence-electron chi connectivity index (χ0n) is 16.0. The molecule has 0 aliphatic rings. The third-order valence-corrected chi connectivity index (χ3v) is 4.10. The van der Waals surface area contributed by atoms with Gasteiger partial charge in [0.15, 0.2) is 0 Å². The normalized spacial score (nSPS) is 15.1. The number of nitrogens with one attached hydrogen (secondary N) is 3. The van der Waals surface area contributed by atoms with Gasteiger partial charge in [0, 0.05) is 12.2 Å². The van der Waals surface area contributed by atoms with Crippen LogP contribution in [0.1, 0.15) is 33.6 Å². The van der Waals surface area contributed by atoms with Gasteiger partial charge in [-0.3, -0.25) is 19.2 Å². The van der Waals surface area contributed by atoms with Crippen LogP contribution in [0, 0.1) is 5.92 Å². The number of carbonyl (C=O) groups excluding carboxylic acids is 3. The molecular formula is C16H28N4O7S. The van der Waals surface area contributed by atoms with Gasteiger partial charge < -0.3 is 31.9 Å². The Kier molecular flexibility index (Phi) is 11.2. The fourth-order valence-corrected chi connectivity index (χ4v) is 2.32. The molecule has 0 heterocycles. The molecule has 28 heavy (non-hydrogen) atoms. The largest absolute Gasteiger partial charge is 0.481 e. The van der Waals surface area contributed by atoms with Crippen molar-refractivity contribution in [3.05, 3.63) is 0 Å². The van der Waals surface area contributed by atoms with Crippen LogP contribution in [-0.2, 0) is 24.0 Å². The Labute approximate surface area is 168 Å². The lowest BCUT2D eigenvalue weighted by molar-refractivity contribution is -0.142. The van der Waals surface area contributed by atoms with Crippen molar-refractivity contribution in [3.8, 4) is 0 Å². The van der Waals surface area contributed by atoms with Crippen molar-refractivity contribution in [2.75, 3.05) is 5.75 Å². The topological polar surface area (TPSA) is 188 Å². The maximum absolute atomic E-state index is 12.6. The molecule has 0 aromatic heterocycles. The Bertz CT molecular complexity index is 598. The first kappa shape index (κ1) is 25.7. The highest BCUT2D eigenvalue weighted by Gasteiger charge is 2.31. The average molecular weight is 420 g/mol. The van der Waals surface area contributed by atoms with Crippen molar-refractivity contribution in [1.82, 2.24) is 16.0 Å². The summed E-state index contributed by atoms with van der Waals surface area (Å²) in [6, 6.07) is -4.48. The zero-order chi connectivity index (χ0) is 22.0. The lowest BCUT2D eigenvalue weighted by atomic mass is 10.0. The summed E-state index contributed by atoms with van der Waals surface area (Å²) in [6.07, 6.45) is -0.701. The molecule has 0 saturated carbocycles. The summed E-state index contributed by atoms with van der Waals surface area (Å²) in [5, 5.41) is 24.9. The highest BCUT2D eigenvalue weighted by Crippen LogP contribution is 2.06. The fraction of sp³-hybridized carbons (Fsp3) is 0.688. The van der Waals surface area contributed by atoms with E-state index in [2.05, 4.69) is 28.6 Å². The van der Waals surface area contributed by atoms with E-state index in [9.17, 15) is 24.0 Å². The molecule has 0 aliphatic carbocycles. The van der Waals surface area contributed by atoms with Crippen LogP contribution in [0.2, 0.25) is 0 Å². The summed E-state index contributed by atoms with van der Waals surface area (Å²) >= 11 is 3.83. The summed E-state index contributed by atoms with van der Waals surface area (Å²) in [7, 11) is 0. The van der Waals surface area contributed by atoms with E-state index in [-0.39, 0.29) is 18.1 Å². The molecule has 0 fully saturated rings. The highest BCUT2D eigenvalue weighted by atomic mass is 32.1. The maximum Gasteiger partial charge on any atom is 0.327 e. The number of hydrogen-bond acceptors (Lipinski definition) is 7. The van der Waals surface area contributed by atoms with E-state index in [1.807, 2.05) is 0 Å². The monoisotopic (exact) mass is 420 g/mol. The quantitative estimate of drug-likeness (QED) is 0.182. The summed E-state index contributed by atoms with van der Waals surface area (Å²) in [6.45, 7) is 4.77. The number of amides is 3. The second-order valence-electron chi connectivity index (χ2n) is 6.59. The zero-order valence-corrected chi connectivity index (χ0v) is 16.9. The molecule has 3 amide bonds. The minimum atomic E-state index is -1.32. The molecule has 0 rings (SSSR count). The lowest BCUT2D eigenvalue weighted by Gasteiger charge is -2.26. The van der Waals surface area contributed by atoms with Gasteiger partial charge in [-0.25, -0.2) is 4.79 Å². The Morgan fingerprint density at radius 1 is 0.893 bits per heavy atom. The van der Waals surface area contributed by atoms with E-state index in [4.69, 9.17) is 15.9 Å². The SMILES string of the molecule is CC(N)C(=O)NC(C(=O)NC(CCC(=O)O)C(=O)NC(CS)C(=O)O)C(C)C. The predicted molar refractivity (Wildman–Crippen MR) is 103 cm³/mol. The average Bonchev–Trinajstić information content (AvgIpc) is 2.59. The van der Waals surface area contributed by atoms with E-state index >= 15 is 0 Å². The van der Waals surface area contributed by atoms with Crippen molar-refractivity contribution in [2.24, 2.45) is 11.7 Å². The number of carbonyl (C=O) groups is 5. The van der Waals surface area contributed by atoms with E-state index in [0.29, 0.717) is 0 Å². The molecule has 0 aromatic carbocycles. The minimum absolute atomic E-state index is 0.195. The third-order valence-electron chi connectivity index (χ3n) is 3.74. The van der Waals surface area contributed by atoms with Gasteiger partial charge in [-0.2, -0.15) is 12.6 Å². The first-order valence-corrected chi connectivity index (χ1v) is 9.26. The molecule has 0 radical (unpaired) electrons. The minimum Gasteiger partial charge on any atom is -0.481 e. The number of carboxylic acids is 2. The van der Waals surface area contributed by atoms with Crippen LogP contribution >= 0.6 is 12.6 Å². The smallest absolute Gasteiger partial charge is 0.327 e. The van der Waals surface area contributed by atoms with Crippen LogP contribution in [-0.4, -0.2) is 69.8 Å². The summed E-state index contributed by atoms with van der Waals surface area (Å²) in [5.41, 5.74) is 5.48. The van der Waals surface area contributed by atoms with Gasteiger partial charge in [-0.15, -0.1) is 0 Å². The van der Waals surface area contributed by atoms with Crippen LogP contribution in [0.3, 0.4) is 0 Å². The summed E-state index contributed by atoms with van der Waals surface area (Å²) in [5.74, 6) is -5.21. The predicted octanol–water partition coefficient (Wildman–Crippen LogP) is -1.68. The number of thiol groups is 1. The van der Waals surface area contributed by atoms with Crippen LogP contribution in [0.15, 0.2) is 0 Å². The van der Waals surface area contributed by atoms with E-state index < -0.39 is 60.2 Å². The van der Waals surface area contributed by atoms with Gasteiger partial charge in [0.25, 0.3) is 0 Å². The molecule has 11 nitrogen and oxygen atoms in total. The van der Waals surface area contributed by atoms with Gasteiger partial charge in [-0.1, -0.05) is 13.8 Å². The maximum atomic E-state index is 12.6. The van der Waals surface area contributed by atoms with Crippen molar-refractivity contribution in [2.45, 2.75) is 57.8 Å². The number of nitrogens with two attached hydrogens (primary N) is 1. The first-order valence-electron chi connectivity index (χ1n) is 8.62. The molecule has 160 valence electrons. The highest BCUT2D eigenvalue weighted by molar-refractivity contribution is 7.80. The van der Waals surface area contributed by atoms with Crippen LogP contribution in [0.4, 0.5) is 0 Å². The van der Waals surface area contributed by atoms with Gasteiger partial charge in [-0.05, 0) is 19.3 Å². The molecule has 0 aromatic rings. The van der Waals surface area contributed by atoms with E-state index in [1.165, 1.54) is 6.92 Å². The first-order chi connectivity index (χ1) is 12.9.